The number of aromatic nitrogens is 2. The largest absolute Gasteiger partial charge is 0.343 e. The number of benzene rings is 1. The van der Waals surface area contributed by atoms with Crippen LogP contribution in [0.3, 0.4) is 0 Å². The molecule has 3 rings (SSSR count). The maximum absolute atomic E-state index is 14.4. The van der Waals surface area contributed by atoms with Gasteiger partial charge in [-0.25, -0.2) is 9.37 Å². The van der Waals surface area contributed by atoms with E-state index in [1.165, 1.54) is 15.7 Å². The van der Waals surface area contributed by atoms with Crippen LogP contribution in [0.15, 0.2) is 51.9 Å². The summed E-state index contributed by atoms with van der Waals surface area (Å²) in [6.45, 7) is 0.0797. The van der Waals surface area contributed by atoms with Gasteiger partial charge < -0.3 is 9.47 Å². The van der Waals surface area contributed by atoms with Crippen LogP contribution >= 0.6 is 15.9 Å². The number of carbonyl (C=O) groups is 1. The molecule has 0 bridgehead atoms. The zero-order valence-electron chi connectivity index (χ0n) is 13.7. The van der Waals surface area contributed by atoms with Gasteiger partial charge in [0, 0.05) is 30.2 Å². The molecule has 2 aromatic heterocycles. The molecule has 0 aliphatic carbocycles. The summed E-state index contributed by atoms with van der Waals surface area (Å²) < 4.78 is 16.3. The van der Waals surface area contributed by atoms with Crippen molar-refractivity contribution >= 4 is 32.6 Å². The second kappa shape index (κ2) is 6.76. The highest BCUT2D eigenvalue weighted by atomic mass is 79.9. The van der Waals surface area contributed by atoms with Gasteiger partial charge in [-0.05, 0) is 30.3 Å². The quantitative estimate of drug-likeness (QED) is 0.675. The number of carbonyl (C=O) groups excluding carboxylic acids is 1. The number of hydrogen-bond donors (Lipinski definition) is 0. The van der Waals surface area contributed by atoms with Crippen molar-refractivity contribution in [2.45, 2.75) is 6.54 Å². The second-order valence-corrected chi connectivity index (χ2v) is 6.73. The van der Waals surface area contributed by atoms with E-state index >= 15 is 0 Å². The van der Waals surface area contributed by atoms with E-state index in [2.05, 4.69) is 20.9 Å². The fraction of sp³-hybridized carbons (Fsp3) is 0.167. The highest BCUT2D eigenvalue weighted by Gasteiger charge is 2.12. The molecular formula is C18H15BrFN3O2. The predicted molar refractivity (Wildman–Crippen MR) is 97.2 cm³/mol. The molecule has 0 aliphatic rings. The Bertz CT molecular complexity index is 1030. The second-order valence-electron chi connectivity index (χ2n) is 5.81. The normalized spacial score (nSPS) is 10.9. The number of nitrogens with zero attached hydrogens (tertiary/aromatic N) is 3. The molecule has 0 aliphatic heterocycles. The fourth-order valence-electron chi connectivity index (χ4n) is 2.53. The summed E-state index contributed by atoms with van der Waals surface area (Å²) in [6, 6.07) is 9.85. The maximum Gasteiger partial charge on any atom is 0.271 e. The van der Waals surface area contributed by atoms with Gasteiger partial charge >= 0.3 is 0 Å². The van der Waals surface area contributed by atoms with Gasteiger partial charge in [0.15, 0.2) is 0 Å². The number of hydrogen-bond acceptors (Lipinski definition) is 3. The number of fused-ring (bicyclic) bond motifs is 1. The van der Waals surface area contributed by atoms with Crippen molar-refractivity contribution in [3.63, 3.8) is 0 Å². The first-order valence-electron chi connectivity index (χ1n) is 7.52. The monoisotopic (exact) mass is 403 g/mol. The van der Waals surface area contributed by atoms with Crippen molar-refractivity contribution in [1.29, 1.82) is 0 Å². The molecule has 0 N–H and O–H groups in total. The van der Waals surface area contributed by atoms with Crippen molar-refractivity contribution in [2.75, 3.05) is 14.1 Å². The SMILES string of the molecule is CN(C)C(=O)c1cccc(Cn2cc(F)c3cc(Br)ccc3c2=O)n1. The first kappa shape index (κ1) is 17.3. The Morgan fingerprint density at radius 3 is 2.72 bits per heavy atom. The summed E-state index contributed by atoms with van der Waals surface area (Å²) >= 11 is 3.28. The third kappa shape index (κ3) is 3.46. The average molecular weight is 404 g/mol. The smallest absolute Gasteiger partial charge is 0.271 e. The molecule has 0 radical (unpaired) electrons. The number of pyridine rings is 2. The molecular weight excluding hydrogens is 389 g/mol. The zero-order chi connectivity index (χ0) is 18.1. The van der Waals surface area contributed by atoms with Crippen LogP contribution in [-0.4, -0.2) is 34.5 Å². The van der Waals surface area contributed by atoms with Crippen LogP contribution in [0.25, 0.3) is 10.8 Å². The number of rotatable bonds is 3. The molecule has 0 spiro atoms. The lowest BCUT2D eigenvalue weighted by molar-refractivity contribution is 0.0821. The third-order valence-electron chi connectivity index (χ3n) is 3.76. The van der Waals surface area contributed by atoms with Crippen molar-refractivity contribution in [3.8, 4) is 0 Å². The first-order valence-corrected chi connectivity index (χ1v) is 8.32. The Labute approximate surface area is 151 Å². The van der Waals surface area contributed by atoms with Gasteiger partial charge in [-0.2, -0.15) is 0 Å². The van der Waals surface area contributed by atoms with Crippen molar-refractivity contribution in [1.82, 2.24) is 14.5 Å². The molecule has 1 aromatic carbocycles. The summed E-state index contributed by atoms with van der Waals surface area (Å²) in [4.78, 5) is 30.3. The van der Waals surface area contributed by atoms with Gasteiger partial charge in [0.25, 0.3) is 11.5 Å². The van der Waals surface area contributed by atoms with E-state index in [0.717, 1.165) is 0 Å². The highest BCUT2D eigenvalue weighted by molar-refractivity contribution is 9.10. The average Bonchev–Trinajstić information content (AvgIpc) is 2.59. The molecule has 0 saturated heterocycles. The van der Waals surface area contributed by atoms with E-state index in [0.29, 0.717) is 15.6 Å². The topological polar surface area (TPSA) is 55.2 Å². The van der Waals surface area contributed by atoms with Gasteiger partial charge in [0.2, 0.25) is 0 Å². The summed E-state index contributed by atoms with van der Waals surface area (Å²) in [5, 5.41) is 0.559. The van der Waals surface area contributed by atoms with Gasteiger partial charge in [-0.3, -0.25) is 9.59 Å². The van der Waals surface area contributed by atoms with E-state index in [-0.39, 0.29) is 29.1 Å². The van der Waals surface area contributed by atoms with E-state index in [1.807, 2.05) is 0 Å². The van der Waals surface area contributed by atoms with E-state index < -0.39 is 5.82 Å². The number of amides is 1. The Morgan fingerprint density at radius 1 is 1.24 bits per heavy atom. The minimum atomic E-state index is -0.489. The lowest BCUT2D eigenvalue weighted by atomic mass is 10.1. The molecule has 3 aromatic rings. The van der Waals surface area contributed by atoms with Crippen LogP contribution in [0.4, 0.5) is 4.39 Å². The van der Waals surface area contributed by atoms with Gasteiger partial charge in [0.1, 0.15) is 11.5 Å². The first-order chi connectivity index (χ1) is 11.9. The molecule has 25 heavy (non-hydrogen) atoms. The number of halogens is 2. The van der Waals surface area contributed by atoms with Crippen LogP contribution < -0.4 is 5.56 Å². The molecule has 2 heterocycles. The molecule has 7 heteroatoms. The summed E-state index contributed by atoms with van der Waals surface area (Å²) in [5.74, 6) is -0.722. The highest BCUT2D eigenvalue weighted by Crippen LogP contribution is 2.20. The lowest BCUT2D eigenvalue weighted by Gasteiger charge is -2.12. The molecule has 0 unspecified atom stereocenters. The van der Waals surface area contributed by atoms with E-state index in [9.17, 15) is 14.0 Å². The van der Waals surface area contributed by atoms with E-state index in [1.54, 1.807) is 50.5 Å². The Hall–Kier alpha value is -2.54. The van der Waals surface area contributed by atoms with Crippen LogP contribution in [0.1, 0.15) is 16.2 Å². The van der Waals surface area contributed by atoms with E-state index in [4.69, 9.17) is 0 Å². The minimum absolute atomic E-state index is 0.0797. The molecule has 0 saturated carbocycles. The molecule has 1 amide bonds. The maximum atomic E-state index is 14.4. The molecule has 0 fully saturated rings. The van der Waals surface area contributed by atoms with Crippen molar-refractivity contribution in [2.24, 2.45) is 0 Å². The van der Waals surface area contributed by atoms with Crippen LogP contribution in [0, 0.1) is 5.82 Å². The van der Waals surface area contributed by atoms with Gasteiger partial charge in [-0.15, -0.1) is 0 Å². The van der Waals surface area contributed by atoms with Crippen molar-refractivity contribution in [3.05, 3.63) is 74.6 Å². The predicted octanol–water partition coefficient (Wildman–Crippen LogP) is 3.05. The summed E-state index contributed by atoms with van der Waals surface area (Å²) in [7, 11) is 3.27. The van der Waals surface area contributed by atoms with Crippen LogP contribution in [-0.2, 0) is 6.54 Å². The fourth-order valence-corrected chi connectivity index (χ4v) is 2.89. The molecule has 0 atom stereocenters. The van der Waals surface area contributed by atoms with Crippen LogP contribution in [0.2, 0.25) is 0 Å². The third-order valence-corrected chi connectivity index (χ3v) is 4.26. The Morgan fingerprint density at radius 2 is 2.00 bits per heavy atom. The molecule has 5 nitrogen and oxygen atoms in total. The van der Waals surface area contributed by atoms with Gasteiger partial charge in [0.05, 0.1) is 17.6 Å². The Balaban J connectivity index is 2.03. The molecule has 128 valence electrons. The standard InChI is InChI=1S/C18H15BrFN3O2/c1-22(2)18(25)16-5-3-4-12(21-16)9-23-10-15(20)14-8-11(19)6-7-13(14)17(23)24/h3-8,10H,9H2,1-2H3. The lowest BCUT2D eigenvalue weighted by Crippen LogP contribution is -2.24. The zero-order valence-corrected chi connectivity index (χ0v) is 15.2. The van der Waals surface area contributed by atoms with Crippen LogP contribution in [0.5, 0.6) is 0 Å². The Kier molecular flexibility index (Phi) is 4.67. The van der Waals surface area contributed by atoms with Crippen molar-refractivity contribution < 1.29 is 9.18 Å². The summed E-state index contributed by atoms with van der Waals surface area (Å²) in [6.07, 6.45) is 1.17. The minimum Gasteiger partial charge on any atom is -0.343 e. The van der Waals surface area contributed by atoms with Gasteiger partial charge in [-0.1, -0.05) is 22.0 Å². The summed E-state index contributed by atoms with van der Waals surface area (Å²) in [5.41, 5.74) is 0.474.